The van der Waals surface area contributed by atoms with Crippen molar-refractivity contribution in [3.8, 4) is 0 Å². The summed E-state index contributed by atoms with van der Waals surface area (Å²) < 4.78 is 124. The molecule has 4 rings (SSSR count). The van der Waals surface area contributed by atoms with Crippen LogP contribution in [0.5, 0.6) is 0 Å². The molecule has 0 heterocycles. The van der Waals surface area contributed by atoms with E-state index < -0.39 is 45.9 Å². The molecule has 0 aliphatic carbocycles. The Morgan fingerprint density at radius 2 is 0.978 bits per heavy atom. The van der Waals surface area contributed by atoms with Gasteiger partial charge in [0.05, 0.1) is 11.1 Å². The minimum Gasteiger partial charge on any atom is -0.445 e. The zero-order valence-electron chi connectivity index (χ0n) is 25.1. The highest BCUT2D eigenvalue weighted by Gasteiger charge is 2.39. The van der Waals surface area contributed by atoms with E-state index in [-0.39, 0.29) is 18.2 Å². The first-order chi connectivity index (χ1) is 21.6. The predicted molar refractivity (Wildman–Crippen MR) is 164 cm³/mol. The van der Waals surface area contributed by atoms with Crippen molar-refractivity contribution in [3.05, 3.63) is 120 Å². The summed E-state index contributed by atoms with van der Waals surface area (Å²) >= 11 is 0. The van der Waals surface area contributed by atoms with Crippen molar-refractivity contribution in [1.82, 2.24) is 0 Å². The van der Waals surface area contributed by atoms with Crippen LogP contribution in [-0.4, -0.2) is 6.98 Å². The summed E-state index contributed by atoms with van der Waals surface area (Å²) in [6.45, 7) is -3.69. The molecule has 0 amide bonds. The first-order valence-corrected chi connectivity index (χ1v) is 16.3. The average molecular weight is 673 g/mol. The van der Waals surface area contributed by atoms with E-state index in [1.807, 2.05) is 60.7 Å². The van der Waals surface area contributed by atoms with Gasteiger partial charge in [0.25, 0.3) is 0 Å². The first kappa shape index (κ1) is 36.9. The molecule has 0 spiro atoms. The van der Waals surface area contributed by atoms with Gasteiger partial charge in [0, 0.05) is 0 Å². The fourth-order valence-corrected chi connectivity index (χ4v) is 7.17. The molecule has 4 aromatic rings. The third-order valence-corrected chi connectivity index (χ3v) is 10.0. The SMILES string of the molecule is CCCCCCCCc1ccc([S+](=O)(c2ccccc2)c2ccccc2)cc1.F[B-](F)(F)c1cc(C(F)(F)F)cc(C(F)(F)F)c1. The van der Waals surface area contributed by atoms with Crippen LogP contribution in [0.15, 0.2) is 118 Å². The van der Waals surface area contributed by atoms with Gasteiger partial charge in [-0.15, -0.1) is 5.46 Å². The van der Waals surface area contributed by atoms with E-state index in [0.29, 0.717) is 0 Å². The summed E-state index contributed by atoms with van der Waals surface area (Å²) in [6, 6.07) is 27.1. The van der Waals surface area contributed by atoms with E-state index in [2.05, 4.69) is 31.2 Å². The number of alkyl halides is 6. The fraction of sp³-hybridized carbons (Fsp3) is 0.294. The van der Waals surface area contributed by atoms with Gasteiger partial charge in [-0.05, 0) is 60.9 Å². The lowest BCUT2D eigenvalue weighted by Crippen LogP contribution is -2.36. The molecule has 0 N–H and O–H groups in total. The van der Waals surface area contributed by atoms with Crippen molar-refractivity contribution in [2.75, 3.05) is 0 Å². The number of unbranched alkanes of at least 4 members (excludes halogenated alkanes) is 5. The van der Waals surface area contributed by atoms with E-state index in [1.165, 1.54) is 44.1 Å². The van der Waals surface area contributed by atoms with Crippen molar-refractivity contribution in [2.24, 2.45) is 0 Å². The van der Waals surface area contributed by atoms with Crippen molar-refractivity contribution in [3.63, 3.8) is 0 Å². The maximum Gasteiger partial charge on any atom is 0.509 e. The molecule has 46 heavy (non-hydrogen) atoms. The van der Waals surface area contributed by atoms with Crippen LogP contribution >= 0.6 is 0 Å². The maximum absolute atomic E-state index is 14.3. The molecule has 0 aromatic heterocycles. The number of aryl methyl sites for hydroxylation is 1. The number of rotatable bonds is 11. The van der Waals surface area contributed by atoms with Crippen LogP contribution in [-0.2, 0) is 32.9 Å². The lowest BCUT2D eigenvalue weighted by Gasteiger charge is -2.19. The molecular formula is C34H34BF9OS. The molecule has 0 saturated carbocycles. The lowest BCUT2D eigenvalue weighted by atomic mass is 9.78. The van der Waals surface area contributed by atoms with Crippen LogP contribution in [0.2, 0.25) is 0 Å². The molecular weight excluding hydrogens is 638 g/mol. The van der Waals surface area contributed by atoms with Gasteiger partial charge >= 0.3 is 19.3 Å². The predicted octanol–water partition coefficient (Wildman–Crippen LogP) is 11.3. The average Bonchev–Trinajstić information content (AvgIpc) is 3.02. The molecule has 1 nitrogen and oxygen atoms in total. The van der Waals surface area contributed by atoms with Crippen LogP contribution in [0.1, 0.15) is 62.1 Å². The Bertz CT molecular complexity index is 1430. The maximum atomic E-state index is 14.3. The number of halogens is 9. The molecule has 0 aliphatic heterocycles. The third-order valence-electron chi connectivity index (χ3n) is 7.21. The summed E-state index contributed by atoms with van der Waals surface area (Å²) in [4.78, 5) is 2.62. The summed E-state index contributed by atoms with van der Waals surface area (Å²) in [5.41, 5.74) is -4.56. The zero-order valence-corrected chi connectivity index (χ0v) is 25.9. The van der Waals surface area contributed by atoms with Crippen molar-refractivity contribution >= 4 is 22.4 Å². The van der Waals surface area contributed by atoms with Crippen LogP contribution in [0.4, 0.5) is 39.3 Å². The van der Waals surface area contributed by atoms with E-state index in [0.717, 1.165) is 21.1 Å². The van der Waals surface area contributed by atoms with Crippen LogP contribution in [0, 0.1) is 0 Å². The Morgan fingerprint density at radius 1 is 0.565 bits per heavy atom. The molecule has 0 aliphatic rings. The summed E-state index contributed by atoms with van der Waals surface area (Å²) in [5, 5.41) is 0. The molecule has 4 aromatic carbocycles. The molecule has 0 saturated heterocycles. The number of hydrogen-bond donors (Lipinski definition) is 0. The molecule has 0 bridgehead atoms. The molecule has 0 radical (unpaired) electrons. The van der Waals surface area contributed by atoms with Crippen molar-refractivity contribution in [1.29, 1.82) is 0 Å². The topological polar surface area (TPSA) is 17.1 Å². The van der Waals surface area contributed by atoms with Crippen LogP contribution < -0.4 is 5.46 Å². The van der Waals surface area contributed by atoms with E-state index in [4.69, 9.17) is 0 Å². The number of hydrogen-bond acceptors (Lipinski definition) is 1. The minimum atomic E-state index is -5.95. The van der Waals surface area contributed by atoms with E-state index >= 15 is 0 Å². The minimum absolute atomic E-state index is 0.338. The van der Waals surface area contributed by atoms with Gasteiger partial charge in [-0.3, -0.25) is 0 Å². The standard InChI is InChI=1S/C26H31OS.C8H3BF9/c1-2-3-4-5-6-9-14-23-19-21-26(22-20-23)28(27,24-15-10-7-11-16-24)25-17-12-8-13-18-25;10-7(11,12)4-1-5(8(13,14)15)3-6(2-4)9(16,17)18/h7-8,10-13,15-22H,2-6,9,14H2,1H3;1-3H/q+1;-1. The molecule has 12 heteroatoms. The Morgan fingerprint density at radius 3 is 1.39 bits per heavy atom. The first-order valence-electron chi connectivity index (χ1n) is 14.8. The van der Waals surface area contributed by atoms with Crippen molar-refractivity contribution < 1.29 is 43.5 Å². The molecule has 0 fully saturated rings. The smallest absolute Gasteiger partial charge is 0.445 e. The molecule has 0 atom stereocenters. The van der Waals surface area contributed by atoms with Gasteiger partial charge in [-0.2, -0.15) is 26.3 Å². The monoisotopic (exact) mass is 672 g/mol. The normalized spacial score (nSPS) is 12.4. The van der Waals surface area contributed by atoms with Crippen LogP contribution in [0.25, 0.3) is 0 Å². The van der Waals surface area contributed by atoms with E-state index in [9.17, 15) is 43.5 Å². The highest BCUT2D eigenvalue weighted by molar-refractivity contribution is 8.03. The Kier molecular flexibility index (Phi) is 12.7. The van der Waals surface area contributed by atoms with E-state index in [1.54, 1.807) is 0 Å². The lowest BCUT2D eigenvalue weighted by molar-refractivity contribution is -0.142. The zero-order chi connectivity index (χ0) is 34.0. The van der Waals surface area contributed by atoms with Crippen molar-refractivity contribution in [2.45, 2.75) is 78.9 Å². The fourth-order valence-electron chi connectivity index (χ4n) is 4.76. The second kappa shape index (κ2) is 15.8. The summed E-state index contributed by atoms with van der Waals surface area (Å²) in [6.07, 6.45) is -1.60. The second-order valence-electron chi connectivity index (χ2n) is 10.8. The van der Waals surface area contributed by atoms with Gasteiger partial charge < -0.3 is 12.9 Å². The highest BCUT2D eigenvalue weighted by Crippen LogP contribution is 2.37. The largest absolute Gasteiger partial charge is 0.509 e. The Labute approximate surface area is 264 Å². The third kappa shape index (κ3) is 10.2. The molecule has 0 unspecified atom stereocenters. The Hall–Kier alpha value is -3.54. The quantitative estimate of drug-likeness (QED) is 0.0671. The Balaban J connectivity index is 0.000000277. The number of benzene rings is 4. The second-order valence-corrected chi connectivity index (χ2v) is 13.3. The van der Waals surface area contributed by atoms with Gasteiger partial charge in [0.1, 0.15) is 0 Å². The summed E-state index contributed by atoms with van der Waals surface area (Å²) in [7, 11) is -2.48. The summed E-state index contributed by atoms with van der Waals surface area (Å²) in [5.74, 6) is 0. The van der Waals surface area contributed by atoms with Gasteiger partial charge in [-0.1, -0.05) is 104 Å². The van der Waals surface area contributed by atoms with Gasteiger partial charge in [0.2, 0.25) is 0 Å². The van der Waals surface area contributed by atoms with Gasteiger partial charge in [-0.25, -0.2) is 0 Å². The highest BCUT2D eigenvalue weighted by atomic mass is 32.2. The van der Waals surface area contributed by atoms with Crippen LogP contribution in [0.3, 0.4) is 0 Å². The molecule has 248 valence electrons. The van der Waals surface area contributed by atoms with Gasteiger partial charge in [0.15, 0.2) is 24.6 Å².